The Balaban J connectivity index is 2.58. The van der Waals surface area contributed by atoms with Gasteiger partial charge in [0.15, 0.2) is 0 Å². The molecule has 8 heteroatoms. The van der Waals surface area contributed by atoms with Gasteiger partial charge in [-0.1, -0.05) is 13.8 Å². The summed E-state index contributed by atoms with van der Waals surface area (Å²) in [5, 5.41) is 26.2. The average Bonchev–Trinajstić information content (AvgIpc) is 2.97. The Kier molecular flexibility index (Phi) is 7.26. The fourth-order valence-corrected chi connectivity index (χ4v) is 2.34. The molecule has 126 valence electrons. The van der Waals surface area contributed by atoms with Gasteiger partial charge >= 0.3 is 5.97 Å². The monoisotopic (exact) mass is 315 g/mol. The van der Waals surface area contributed by atoms with Crippen molar-refractivity contribution in [1.82, 2.24) is 16.0 Å². The Labute approximate surface area is 129 Å². The number of aliphatic carboxylic acids is 1. The molecule has 22 heavy (non-hydrogen) atoms. The van der Waals surface area contributed by atoms with Crippen molar-refractivity contribution in [3.63, 3.8) is 0 Å². The second-order valence-corrected chi connectivity index (χ2v) is 5.92. The third-order valence-corrected chi connectivity index (χ3v) is 3.51. The lowest BCUT2D eigenvalue weighted by atomic mass is 10.0. The summed E-state index contributed by atoms with van der Waals surface area (Å²) in [6, 6.07) is -2.56. The van der Waals surface area contributed by atoms with Crippen LogP contribution in [0.5, 0.6) is 0 Å². The Bertz CT molecular complexity index is 407. The highest BCUT2D eigenvalue weighted by Gasteiger charge is 2.29. The second kappa shape index (κ2) is 8.70. The van der Waals surface area contributed by atoms with Gasteiger partial charge in [0.25, 0.3) is 0 Å². The first-order valence-corrected chi connectivity index (χ1v) is 7.53. The first kappa shape index (κ1) is 18.4. The van der Waals surface area contributed by atoms with Gasteiger partial charge < -0.3 is 26.2 Å². The maximum absolute atomic E-state index is 12.1. The molecule has 8 nitrogen and oxygen atoms in total. The average molecular weight is 315 g/mol. The van der Waals surface area contributed by atoms with Crippen molar-refractivity contribution in [3.8, 4) is 0 Å². The summed E-state index contributed by atoms with van der Waals surface area (Å²) >= 11 is 0. The molecule has 0 aliphatic carbocycles. The van der Waals surface area contributed by atoms with E-state index in [1.165, 1.54) is 0 Å². The Morgan fingerprint density at radius 3 is 2.36 bits per heavy atom. The van der Waals surface area contributed by atoms with E-state index in [1.54, 1.807) is 0 Å². The molecular weight excluding hydrogens is 290 g/mol. The zero-order chi connectivity index (χ0) is 16.7. The molecule has 1 aliphatic rings. The molecule has 1 rings (SSSR count). The summed E-state index contributed by atoms with van der Waals surface area (Å²) in [7, 11) is 0. The summed E-state index contributed by atoms with van der Waals surface area (Å²) in [6.07, 6.45) is 1.83. The van der Waals surface area contributed by atoms with E-state index < -0.39 is 30.6 Å². The van der Waals surface area contributed by atoms with Crippen LogP contribution in [0.2, 0.25) is 0 Å². The van der Waals surface area contributed by atoms with Crippen LogP contribution in [-0.4, -0.2) is 59.3 Å². The zero-order valence-electron chi connectivity index (χ0n) is 13.0. The largest absolute Gasteiger partial charge is 0.480 e. The number of hydrogen-bond donors (Lipinski definition) is 5. The number of carboxylic acids is 1. The Morgan fingerprint density at radius 2 is 1.91 bits per heavy atom. The van der Waals surface area contributed by atoms with Gasteiger partial charge in [0.2, 0.25) is 11.8 Å². The number of aliphatic hydroxyl groups is 1. The van der Waals surface area contributed by atoms with Crippen molar-refractivity contribution in [2.75, 3.05) is 13.2 Å². The zero-order valence-corrected chi connectivity index (χ0v) is 13.0. The molecule has 0 unspecified atom stereocenters. The molecule has 2 amide bonds. The summed E-state index contributed by atoms with van der Waals surface area (Å²) in [5.41, 5.74) is 0. The maximum Gasteiger partial charge on any atom is 0.326 e. The van der Waals surface area contributed by atoms with E-state index in [1.807, 2.05) is 13.8 Å². The van der Waals surface area contributed by atoms with Gasteiger partial charge in [0.05, 0.1) is 12.6 Å². The van der Waals surface area contributed by atoms with Crippen molar-refractivity contribution in [3.05, 3.63) is 0 Å². The second-order valence-electron chi connectivity index (χ2n) is 5.92. The van der Waals surface area contributed by atoms with Crippen LogP contribution in [0.1, 0.15) is 33.1 Å². The van der Waals surface area contributed by atoms with E-state index in [9.17, 15) is 19.5 Å². The molecule has 0 aromatic heterocycles. The van der Waals surface area contributed by atoms with Crippen LogP contribution in [0.3, 0.4) is 0 Å². The number of carbonyl (C=O) groups is 3. The molecule has 0 aromatic carbocycles. The van der Waals surface area contributed by atoms with Crippen LogP contribution in [0.25, 0.3) is 0 Å². The molecule has 0 aromatic rings. The normalized spacial score (nSPS) is 20.5. The highest BCUT2D eigenvalue weighted by Crippen LogP contribution is 2.07. The number of rotatable bonds is 8. The highest BCUT2D eigenvalue weighted by atomic mass is 16.4. The molecular formula is C14H25N3O5. The number of hydrogen-bond acceptors (Lipinski definition) is 5. The minimum atomic E-state index is -1.15. The van der Waals surface area contributed by atoms with E-state index in [0.29, 0.717) is 6.42 Å². The third kappa shape index (κ3) is 5.61. The van der Waals surface area contributed by atoms with Gasteiger partial charge in [-0.15, -0.1) is 0 Å². The third-order valence-electron chi connectivity index (χ3n) is 3.51. The van der Waals surface area contributed by atoms with Gasteiger partial charge in [-0.3, -0.25) is 9.59 Å². The summed E-state index contributed by atoms with van der Waals surface area (Å²) < 4.78 is 0. The molecule has 0 radical (unpaired) electrons. The molecule has 0 spiro atoms. The lowest BCUT2D eigenvalue weighted by molar-refractivity contribution is -0.143. The summed E-state index contributed by atoms with van der Waals surface area (Å²) in [6.45, 7) is 3.85. The van der Waals surface area contributed by atoms with Gasteiger partial charge in [-0.2, -0.15) is 0 Å². The van der Waals surface area contributed by atoms with Gasteiger partial charge in [-0.05, 0) is 31.7 Å². The minimum Gasteiger partial charge on any atom is -0.480 e. The molecule has 1 heterocycles. The lowest BCUT2D eigenvalue weighted by Gasteiger charge is -2.22. The predicted molar refractivity (Wildman–Crippen MR) is 79.1 cm³/mol. The predicted octanol–water partition coefficient (Wildman–Crippen LogP) is -1.17. The number of carbonyl (C=O) groups excluding carboxylic acids is 2. The molecule has 0 bridgehead atoms. The van der Waals surface area contributed by atoms with E-state index >= 15 is 0 Å². The SMILES string of the molecule is CC(C)C[C@H](NC(=O)[C@H](CO)NC(=O)[C@@H]1CCCN1)C(=O)O. The van der Waals surface area contributed by atoms with Crippen molar-refractivity contribution < 1.29 is 24.6 Å². The quantitative estimate of drug-likeness (QED) is 0.384. The molecule has 1 aliphatic heterocycles. The number of aliphatic hydroxyl groups excluding tert-OH is 1. The molecule has 3 atom stereocenters. The van der Waals surface area contributed by atoms with Crippen molar-refractivity contribution in [2.24, 2.45) is 5.92 Å². The van der Waals surface area contributed by atoms with E-state index in [4.69, 9.17) is 5.11 Å². The van der Waals surface area contributed by atoms with Crippen LogP contribution in [-0.2, 0) is 14.4 Å². The lowest BCUT2D eigenvalue weighted by Crippen LogP contribution is -2.55. The fourth-order valence-electron chi connectivity index (χ4n) is 2.34. The molecule has 1 fully saturated rings. The van der Waals surface area contributed by atoms with Gasteiger partial charge in [0.1, 0.15) is 12.1 Å². The topological polar surface area (TPSA) is 128 Å². The molecule has 1 saturated heterocycles. The van der Waals surface area contributed by atoms with E-state index in [2.05, 4.69) is 16.0 Å². The maximum atomic E-state index is 12.1. The highest BCUT2D eigenvalue weighted by molar-refractivity contribution is 5.92. The van der Waals surface area contributed by atoms with Gasteiger partial charge in [-0.25, -0.2) is 4.79 Å². The number of amides is 2. The Morgan fingerprint density at radius 1 is 1.23 bits per heavy atom. The van der Waals surface area contributed by atoms with Crippen LogP contribution < -0.4 is 16.0 Å². The fraction of sp³-hybridized carbons (Fsp3) is 0.786. The van der Waals surface area contributed by atoms with Crippen LogP contribution in [0.4, 0.5) is 0 Å². The van der Waals surface area contributed by atoms with Crippen LogP contribution in [0, 0.1) is 5.92 Å². The van der Waals surface area contributed by atoms with Crippen molar-refractivity contribution in [1.29, 1.82) is 0 Å². The summed E-state index contributed by atoms with van der Waals surface area (Å²) in [5.74, 6) is -2.10. The summed E-state index contributed by atoms with van der Waals surface area (Å²) in [4.78, 5) is 35.1. The number of carboxylic acid groups (broad SMARTS) is 1. The van der Waals surface area contributed by atoms with E-state index in [0.717, 1.165) is 13.0 Å². The molecule has 5 N–H and O–H groups in total. The van der Waals surface area contributed by atoms with Crippen LogP contribution in [0.15, 0.2) is 0 Å². The Hall–Kier alpha value is -1.67. The van der Waals surface area contributed by atoms with Gasteiger partial charge in [0, 0.05) is 0 Å². The van der Waals surface area contributed by atoms with Crippen molar-refractivity contribution >= 4 is 17.8 Å². The smallest absolute Gasteiger partial charge is 0.326 e. The first-order valence-electron chi connectivity index (χ1n) is 7.53. The first-order chi connectivity index (χ1) is 10.3. The van der Waals surface area contributed by atoms with E-state index in [-0.39, 0.29) is 24.3 Å². The standard InChI is InChI=1S/C14H25N3O5/c1-8(2)6-10(14(21)22)16-13(20)11(7-18)17-12(19)9-4-3-5-15-9/h8-11,15,18H,3-7H2,1-2H3,(H,16,20)(H,17,19)(H,21,22)/t9-,10-,11-/m0/s1. The number of nitrogens with one attached hydrogen (secondary N) is 3. The van der Waals surface area contributed by atoms with Crippen LogP contribution >= 0.6 is 0 Å². The molecule has 0 saturated carbocycles. The van der Waals surface area contributed by atoms with Crippen molar-refractivity contribution in [2.45, 2.75) is 51.2 Å². The minimum absolute atomic E-state index is 0.0891.